The fraction of sp³-hybridized carbons (Fsp3) is 1.00. The van der Waals surface area contributed by atoms with Crippen molar-refractivity contribution in [2.24, 2.45) is 5.41 Å². The number of rotatable bonds is 3. The van der Waals surface area contributed by atoms with Crippen LogP contribution in [0.1, 0.15) is 27.7 Å². The largest absolute Gasteiger partial charge is 0.431 e. The Hall–Kier alpha value is -0.0151. The van der Waals surface area contributed by atoms with Crippen molar-refractivity contribution < 1.29 is 9.39 Å². The SMILES string of the molecule is COCCB1CC(C)(C)C(C)(C)O1. The van der Waals surface area contributed by atoms with E-state index in [0.717, 1.165) is 19.2 Å². The maximum absolute atomic E-state index is 5.99. The fourth-order valence-corrected chi connectivity index (χ4v) is 1.84. The number of hydrogen-bond acceptors (Lipinski definition) is 2. The maximum Gasteiger partial charge on any atom is 0.296 e. The standard InChI is InChI=1S/C10H21BO2/c1-9(2)8-11(6-7-12-5)13-10(9,3)4/h6-8H2,1-5H3. The summed E-state index contributed by atoms with van der Waals surface area (Å²) >= 11 is 0. The molecule has 0 unspecified atom stereocenters. The number of methoxy groups -OCH3 is 1. The molecule has 3 heteroatoms. The zero-order chi connectivity index (χ0) is 10.1. The average molecular weight is 184 g/mol. The molecule has 0 spiro atoms. The first-order chi connectivity index (χ1) is 5.89. The summed E-state index contributed by atoms with van der Waals surface area (Å²) in [5.41, 5.74) is 0.289. The highest BCUT2D eigenvalue weighted by molar-refractivity contribution is 6.53. The number of ether oxygens (including phenoxy) is 1. The second kappa shape index (κ2) is 3.62. The Balaban J connectivity index is 2.50. The normalized spacial score (nSPS) is 25.2. The molecule has 0 aromatic carbocycles. The van der Waals surface area contributed by atoms with Gasteiger partial charge in [-0.15, -0.1) is 0 Å². The van der Waals surface area contributed by atoms with Crippen LogP contribution in [-0.2, 0) is 9.39 Å². The van der Waals surface area contributed by atoms with Crippen LogP contribution in [0.4, 0.5) is 0 Å². The summed E-state index contributed by atoms with van der Waals surface area (Å²) in [6.45, 7) is 10.1. The first kappa shape index (κ1) is 11.1. The minimum absolute atomic E-state index is 0.00537. The molecular weight excluding hydrogens is 163 g/mol. The molecule has 0 aromatic rings. The van der Waals surface area contributed by atoms with Gasteiger partial charge in [-0.25, -0.2) is 0 Å². The Bertz CT molecular complexity index is 162. The predicted molar refractivity (Wildman–Crippen MR) is 56.2 cm³/mol. The van der Waals surface area contributed by atoms with Gasteiger partial charge in [-0.2, -0.15) is 0 Å². The van der Waals surface area contributed by atoms with E-state index in [-0.39, 0.29) is 11.0 Å². The zero-order valence-electron chi connectivity index (χ0n) is 9.52. The zero-order valence-corrected chi connectivity index (χ0v) is 9.52. The lowest BCUT2D eigenvalue weighted by atomic mass is 9.57. The Morgan fingerprint density at radius 2 is 1.92 bits per heavy atom. The first-order valence-corrected chi connectivity index (χ1v) is 5.06. The molecule has 0 bridgehead atoms. The molecule has 0 amide bonds. The summed E-state index contributed by atoms with van der Waals surface area (Å²) in [5.74, 6) is 0. The molecule has 76 valence electrons. The smallest absolute Gasteiger partial charge is 0.296 e. The Morgan fingerprint density at radius 3 is 2.31 bits per heavy atom. The van der Waals surface area contributed by atoms with Crippen molar-refractivity contribution in [2.75, 3.05) is 13.7 Å². The molecule has 0 saturated carbocycles. The minimum Gasteiger partial charge on any atom is -0.431 e. The van der Waals surface area contributed by atoms with Crippen LogP contribution in [0.3, 0.4) is 0 Å². The third kappa shape index (κ3) is 2.26. The van der Waals surface area contributed by atoms with Crippen molar-refractivity contribution in [2.45, 2.75) is 45.9 Å². The van der Waals surface area contributed by atoms with Crippen LogP contribution in [0.5, 0.6) is 0 Å². The maximum atomic E-state index is 5.99. The third-order valence-corrected chi connectivity index (χ3v) is 3.47. The molecule has 0 aromatic heterocycles. The van der Waals surface area contributed by atoms with Gasteiger partial charge >= 0.3 is 0 Å². The van der Waals surface area contributed by atoms with E-state index in [1.807, 2.05) is 0 Å². The van der Waals surface area contributed by atoms with E-state index in [0.29, 0.717) is 6.92 Å². The number of hydrogen-bond donors (Lipinski definition) is 0. The average Bonchev–Trinajstić information content (AvgIpc) is 2.17. The van der Waals surface area contributed by atoms with Gasteiger partial charge in [0.05, 0.1) is 5.60 Å². The molecule has 0 aliphatic carbocycles. The molecule has 1 rings (SSSR count). The summed E-state index contributed by atoms with van der Waals surface area (Å²) in [7, 11) is 1.74. The predicted octanol–water partition coefficient (Wildman–Crippen LogP) is 2.46. The molecule has 13 heavy (non-hydrogen) atoms. The summed E-state index contributed by atoms with van der Waals surface area (Å²) in [6.07, 6.45) is 2.16. The van der Waals surface area contributed by atoms with E-state index in [9.17, 15) is 0 Å². The second-order valence-electron chi connectivity index (χ2n) is 5.12. The van der Waals surface area contributed by atoms with Gasteiger partial charge < -0.3 is 9.39 Å². The monoisotopic (exact) mass is 184 g/mol. The lowest BCUT2D eigenvalue weighted by Crippen LogP contribution is -2.34. The van der Waals surface area contributed by atoms with Crippen LogP contribution in [0, 0.1) is 5.41 Å². The Morgan fingerprint density at radius 1 is 1.31 bits per heavy atom. The van der Waals surface area contributed by atoms with Crippen LogP contribution >= 0.6 is 0 Å². The highest BCUT2D eigenvalue weighted by Crippen LogP contribution is 2.45. The summed E-state index contributed by atoms with van der Waals surface area (Å²) < 4.78 is 11.0. The lowest BCUT2D eigenvalue weighted by molar-refractivity contribution is 0.0355. The van der Waals surface area contributed by atoms with Crippen molar-refractivity contribution in [1.82, 2.24) is 0 Å². The van der Waals surface area contributed by atoms with Gasteiger partial charge in [0.25, 0.3) is 6.92 Å². The molecule has 0 atom stereocenters. The summed E-state index contributed by atoms with van der Waals surface area (Å²) in [4.78, 5) is 0. The minimum atomic E-state index is 0.00537. The van der Waals surface area contributed by atoms with Crippen molar-refractivity contribution in [3.8, 4) is 0 Å². The van der Waals surface area contributed by atoms with E-state index in [2.05, 4.69) is 27.7 Å². The van der Waals surface area contributed by atoms with Gasteiger partial charge in [-0.1, -0.05) is 13.8 Å². The van der Waals surface area contributed by atoms with Crippen LogP contribution in [0.25, 0.3) is 0 Å². The second-order valence-corrected chi connectivity index (χ2v) is 5.12. The first-order valence-electron chi connectivity index (χ1n) is 5.06. The summed E-state index contributed by atoms with van der Waals surface area (Å²) in [5, 5.41) is 0. The molecule has 0 N–H and O–H groups in total. The Labute approximate surface area is 82.1 Å². The quantitative estimate of drug-likeness (QED) is 0.627. The van der Waals surface area contributed by atoms with Gasteiger partial charge in [-0.05, 0) is 31.9 Å². The highest BCUT2D eigenvalue weighted by Gasteiger charge is 2.48. The van der Waals surface area contributed by atoms with Crippen molar-refractivity contribution in [1.29, 1.82) is 0 Å². The molecule has 1 fully saturated rings. The molecule has 0 radical (unpaired) electrons. The van der Waals surface area contributed by atoms with Crippen molar-refractivity contribution in [3.63, 3.8) is 0 Å². The van der Waals surface area contributed by atoms with Gasteiger partial charge in [0.1, 0.15) is 0 Å². The third-order valence-electron chi connectivity index (χ3n) is 3.47. The van der Waals surface area contributed by atoms with E-state index < -0.39 is 0 Å². The fourth-order valence-electron chi connectivity index (χ4n) is 1.84. The van der Waals surface area contributed by atoms with E-state index in [4.69, 9.17) is 9.39 Å². The van der Waals surface area contributed by atoms with E-state index in [1.54, 1.807) is 7.11 Å². The van der Waals surface area contributed by atoms with E-state index >= 15 is 0 Å². The highest BCUT2D eigenvalue weighted by atomic mass is 16.5. The molecular formula is C10H21BO2. The van der Waals surface area contributed by atoms with Crippen molar-refractivity contribution >= 4 is 6.92 Å². The Kier molecular flexibility index (Phi) is 3.08. The lowest BCUT2D eigenvalue weighted by Gasteiger charge is -2.34. The van der Waals surface area contributed by atoms with Crippen molar-refractivity contribution in [3.05, 3.63) is 0 Å². The molecule has 2 nitrogen and oxygen atoms in total. The van der Waals surface area contributed by atoms with Crippen LogP contribution in [0.2, 0.25) is 12.6 Å². The van der Waals surface area contributed by atoms with Gasteiger partial charge in [0, 0.05) is 13.7 Å². The topological polar surface area (TPSA) is 18.5 Å². The molecule has 1 aliphatic rings. The van der Waals surface area contributed by atoms with Crippen LogP contribution in [-0.4, -0.2) is 26.2 Å². The van der Waals surface area contributed by atoms with Crippen LogP contribution in [0.15, 0.2) is 0 Å². The molecule has 1 heterocycles. The molecule has 1 aliphatic heterocycles. The molecule has 1 saturated heterocycles. The van der Waals surface area contributed by atoms with Crippen LogP contribution < -0.4 is 0 Å². The van der Waals surface area contributed by atoms with Gasteiger partial charge in [-0.3, -0.25) is 0 Å². The van der Waals surface area contributed by atoms with E-state index in [1.165, 1.54) is 0 Å². The van der Waals surface area contributed by atoms with Gasteiger partial charge in [0.15, 0.2) is 0 Å². The van der Waals surface area contributed by atoms with Gasteiger partial charge in [0.2, 0.25) is 0 Å². The summed E-state index contributed by atoms with van der Waals surface area (Å²) in [6, 6.07) is 0.